The molecule has 4 N–H and O–H groups in total. The van der Waals surface area contributed by atoms with Crippen LogP contribution in [0.5, 0.6) is 0 Å². The largest absolute Gasteiger partial charge is 0.405 e. The molecule has 0 unspecified atom stereocenters. The number of hydrogen-bond donors (Lipinski definition) is 3. The average molecular weight is 365 g/mol. The van der Waals surface area contributed by atoms with Gasteiger partial charge in [0.25, 0.3) is 11.8 Å². The van der Waals surface area contributed by atoms with Crippen LogP contribution in [-0.2, 0) is 0 Å². The van der Waals surface area contributed by atoms with Crippen LogP contribution >= 0.6 is 0 Å². The molecule has 6 nitrogen and oxygen atoms in total. The minimum absolute atomic E-state index is 0.0520. The lowest BCUT2D eigenvalue weighted by Gasteiger charge is -2.12. The van der Waals surface area contributed by atoms with E-state index in [0.717, 1.165) is 0 Å². The standard InChI is InChI=1S/C17H14F3N3O3/c18-17(19,20)9-22-16(26)12-3-1-2-4-13(12)23-15(25)11-7-5-10(6-8-11)14(21)24/h1-8H,9H2,(H2,21,24)(H,22,26)(H,23,25). The molecule has 0 aliphatic rings. The number of primary amides is 1. The smallest absolute Gasteiger partial charge is 0.366 e. The van der Waals surface area contributed by atoms with Gasteiger partial charge in [0.15, 0.2) is 0 Å². The average Bonchev–Trinajstić information content (AvgIpc) is 2.59. The molecule has 2 aromatic rings. The van der Waals surface area contributed by atoms with Gasteiger partial charge in [-0.2, -0.15) is 13.2 Å². The second-order valence-corrected chi connectivity index (χ2v) is 5.24. The molecule has 0 aliphatic carbocycles. The quantitative estimate of drug-likeness (QED) is 0.758. The van der Waals surface area contributed by atoms with Gasteiger partial charge in [0.05, 0.1) is 11.3 Å². The number of hydrogen-bond acceptors (Lipinski definition) is 3. The Morgan fingerprint density at radius 1 is 0.885 bits per heavy atom. The number of alkyl halides is 3. The topological polar surface area (TPSA) is 101 Å². The van der Waals surface area contributed by atoms with Crippen LogP contribution in [0.25, 0.3) is 0 Å². The Kier molecular flexibility index (Phi) is 5.61. The molecule has 0 atom stereocenters. The van der Waals surface area contributed by atoms with Crippen molar-refractivity contribution in [1.29, 1.82) is 0 Å². The molecular weight excluding hydrogens is 351 g/mol. The van der Waals surface area contributed by atoms with Crippen LogP contribution in [0.1, 0.15) is 31.1 Å². The van der Waals surface area contributed by atoms with E-state index in [4.69, 9.17) is 5.73 Å². The predicted octanol–water partition coefficient (Wildman–Crippen LogP) is 2.33. The summed E-state index contributed by atoms with van der Waals surface area (Å²) >= 11 is 0. The van der Waals surface area contributed by atoms with Gasteiger partial charge in [-0.1, -0.05) is 12.1 Å². The number of anilines is 1. The molecule has 0 spiro atoms. The van der Waals surface area contributed by atoms with Gasteiger partial charge < -0.3 is 16.4 Å². The minimum atomic E-state index is -4.55. The summed E-state index contributed by atoms with van der Waals surface area (Å²) in [5, 5.41) is 4.20. The van der Waals surface area contributed by atoms with E-state index in [9.17, 15) is 27.6 Å². The van der Waals surface area contributed by atoms with E-state index >= 15 is 0 Å². The van der Waals surface area contributed by atoms with Gasteiger partial charge in [-0.15, -0.1) is 0 Å². The number of benzene rings is 2. The van der Waals surface area contributed by atoms with E-state index in [2.05, 4.69) is 5.32 Å². The fraction of sp³-hybridized carbons (Fsp3) is 0.118. The maximum absolute atomic E-state index is 12.2. The van der Waals surface area contributed by atoms with Crippen molar-refractivity contribution in [3.63, 3.8) is 0 Å². The maximum atomic E-state index is 12.2. The Hall–Kier alpha value is -3.36. The second kappa shape index (κ2) is 7.68. The zero-order chi connectivity index (χ0) is 19.3. The van der Waals surface area contributed by atoms with Crippen molar-refractivity contribution in [3.05, 3.63) is 65.2 Å². The molecule has 0 aliphatic heterocycles. The zero-order valence-electron chi connectivity index (χ0n) is 13.3. The van der Waals surface area contributed by atoms with Crippen molar-refractivity contribution in [2.45, 2.75) is 6.18 Å². The lowest BCUT2D eigenvalue weighted by atomic mass is 10.1. The molecular formula is C17H14F3N3O3. The van der Waals surface area contributed by atoms with Gasteiger partial charge in [-0.05, 0) is 36.4 Å². The fourth-order valence-electron chi connectivity index (χ4n) is 2.05. The molecule has 2 rings (SSSR count). The second-order valence-electron chi connectivity index (χ2n) is 5.24. The third-order valence-corrected chi connectivity index (χ3v) is 3.30. The molecule has 0 heterocycles. The maximum Gasteiger partial charge on any atom is 0.405 e. The van der Waals surface area contributed by atoms with Crippen molar-refractivity contribution in [2.24, 2.45) is 5.73 Å². The first kappa shape index (κ1) is 19.0. The van der Waals surface area contributed by atoms with Crippen LogP contribution in [-0.4, -0.2) is 30.4 Å². The van der Waals surface area contributed by atoms with Crippen LogP contribution in [0.2, 0.25) is 0 Å². The number of amides is 3. The van der Waals surface area contributed by atoms with E-state index < -0.39 is 30.4 Å². The van der Waals surface area contributed by atoms with E-state index in [1.165, 1.54) is 48.5 Å². The molecule has 2 aromatic carbocycles. The zero-order valence-corrected chi connectivity index (χ0v) is 13.3. The van der Waals surface area contributed by atoms with Gasteiger partial charge in [-0.25, -0.2) is 0 Å². The number of rotatable bonds is 5. The SMILES string of the molecule is NC(=O)c1ccc(C(=O)Nc2ccccc2C(=O)NCC(F)(F)F)cc1. The van der Waals surface area contributed by atoms with Crippen molar-refractivity contribution in [3.8, 4) is 0 Å². The molecule has 3 amide bonds. The fourth-order valence-corrected chi connectivity index (χ4v) is 2.05. The predicted molar refractivity (Wildman–Crippen MR) is 87.7 cm³/mol. The van der Waals surface area contributed by atoms with Crippen LogP contribution in [0.4, 0.5) is 18.9 Å². The Morgan fingerprint density at radius 3 is 2.04 bits per heavy atom. The summed E-state index contributed by atoms with van der Waals surface area (Å²) in [6.45, 7) is -1.48. The van der Waals surface area contributed by atoms with Gasteiger partial charge in [0.2, 0.25) is 5.91 Å². The van der Waals surface area contributed by atoms with Gasteiger partial charge >= 0.3 is 6.18 Å². The first-order valence-electron chi connectivity index (χ1n) is 7.32. The number of nitrogens with two attached hydrogens (primary N) is 1. The third-order valence-electron chi connectivity index (χ3n) is 3.30. The summed E-state index contributed by atoms with van der Waals surface area (Å²) in [6.07, 6.45) is -4.55. The van der Waals surface area contributed by atoms with Crippen LogP contribution in [0, 0.1) is 0 Å². The molecule has 0 aromatic heterocycles. The van der Waals surface area contributed by atoms with E-state index in [0.29, 0.717) is 0 Å². The van der Waals surface area contributed by atoms with Crippen molar-refractivity contribution < 1.29 is 27.6 Å². The lowest BCUT2D eigenvalue weighted by Crippen LogP contribution is -2.34. The molecule has 0 radical (unpaired) electrons. The Balaban J connectivity index is 2.15. The monoisotopic (exact) mass is 365 g/mol. The highest BCUT2D eigenvalue weighted by Gasteiger charge is 2.28. The van der Waals surface area contributed by atoms with Crippen LogP contribution in [0.3, 0.4) is 0 Å². The number of carbonyl (C=O) groups excluding carboxylic acids is 3. The third kappa shape index (κ3) is 5.07. The van der Waals surface area contributed by atoms with Crippen LogP contribution < -0.4 is 16.4 Å². The number of carbonyl (C=O) groups is 3. The van der Waals surface area contributed by atoms with E-state index in [1.54, 1.807) is 5.32 Å². The van der Waals surface area contributed by atoms with Gasteiger partial charge in [0, 0.05) is 11.1 Å². The first-order valence-corrected chi connectivity index (χ1v) is 7.32. The number of para-hydroxylation sites is 1. The molecule has 0 fully saturated rings. The van der Waals surface area contributed by atoms with Gasteiger partial charge in [-0.3, -0.25) is 14.4 Å². The highest BCUT2D eigenvalue weighted by molar-refractivity contribution is 6.09. The van der Waals surface area contributed by atoms with Crippen LogP contribution in [0.15, 0.2) is 48.5 Å². The Bertz CT molecular complexity index is 833. The summed E-state index contributed by atoms with van der Waals surface area (Å²) in [5.74, 6) is -2.22. The summed E-state index contributed by atoms with van der Waals surface area (Å²) in [6, 6.07) is 11.1. The Labute approximate surface area is 146 Å². The Morgan fingerprint density at radius 2 is 1.46 bits per heavy atom. The summed E-state index contributed by atoms with van der Waals surface area (Å²) in [5.41, 5.74) is 5.45. The molecule has 0 saturated heterocycles. The molecule has 26 heavy (non-hydrogen) atoms. The highest BCUT2D eigenvalue weighted by atomic mass is 19.4. The van der Waals surface area contributed by atoms with Gasteiger partial charge in [0.1, 0.15) is 6.54 Å². The van der Waals surface area contributed by atoms with Crippen molar-refractivity contribution >= 4 is 23.4 Å². The van der Waals surface area contributed by atoms with Crippen molar-refractivity contribution in [1.82, 2.24) is 5.32 Å². The van der Waals surface area contributed by atoms with Crippen molar-refractivity contribution in [2.75, 3.05) is 11.9 Å². The van der Waals surface area contributed by atoms with E-state index in [-0.39, 0.29) is 22.4 Å². The molecule has 0 bridgehead atoms. The molecule has 0 saturated carbocycles. The number of nitrogens with one attached hydrogen (secondary N) is 2. The summed E-state index contributed by atoms with van der Waals surface area (Å²) in [7, 11) is 0. The molecule has 9 heteroatoms. The normalized spacial score (nSPS) is 10.9. The summed E-state index contributed by atoms with van der Waals surface area (Å²) in [4.78, 5) is 35.2. The lowest BCUT2D eigenvalue weighted by molar-refractivity contribution is -0.123. The summed E-state index contributed by atoms with van der Waals surface area (Å²) < 4.78 is 36.7. The first-order chi connectivity index (χ1) is 12.2. The highest BCUT2D eigenvalue weighted by Crippen LogP contribution is 2.18. The van der Waals surface area contributed by atoms with E-state index in [1.807, 2.05) is 0 Å². The minimum Gasteiger partial charge on any atom is -0.366 e. The molecule has 136 valence electrons. The number of halogens is 3.